The van der Waals surface area contributed by atoms with Crippen molar-refractivity contribution < 1.29 is 19.1 Å². The van der Waals surface area contributed by atoms with Gasteiger partial charge in [0, 0.05) is 25.1 Å². The fourth-order valence-corrected chi connectivity index (χ4v) is 2.75. The third-order valence-corrected chi connectivity index (χ3v) is 4.10. The number of aryl methyl sites for hydroxylation is 1. The molecule has 0 aromatic heterocycles. The SMILES string of the molecule is Cc1ccc(F)cc1C(=O)N1CCC(CCC(=O)O)CC1. The van der Waals surface area contributed by atoms with Crippen molar-refractivity contribution in [3.8, 4) is 0 Å². The third-order valence-electron chi connectivity index (χ3n) is 4.10. The lowest BCUT2D eigenvalue weighted by atomic mass is 9.91. The van der Waals surface area contributed by atoms with E-state index in [-0.39, 0.29) is 12.3 Å². The number of carbonyl (C=O) groups is 2. The zero-order valence-corrected chi connectivity index (χ0v) is 12.1. The summed E-state index contributed by atoms with van der Waals surface area (Å²) in [6.07, 6.45) is 2.47. The molecule has 5 heteroatoms. The minimum Gasteiger partial charge on any atom is -0.481 e. The van der Waals surface area contributed by atoms with Crippen molar-refractivity contribution >= 4 is 11.9 Å². The molecule has 0 spiro atoms. The summed E-state index contributed by atoms with van der Waals surface area (Å²) in [4.78, 5) is 24.7. The van der Waals surface area contributed by atoms with Gasteiger partial charge in [-0.3, -0.25) is 9.59 Å². The van der Waals surface area contributed by atoms with E-state index >= 15 is 0 Å². The van der Waals surface area contributed by atoms with E-state index < -0.39 is 11.8 Å². The summed E-state index contributed by atoms with van der Waals surface area (Å²) in [5, 5.41) is 8.69. The molecule has 1 aliphatic rings. The largest absolute Gasteiger partial charge is 0.481 e. The Hall–Kier alpha value is -1.91. The highest BCUT2D eigenvalue weighted by Crippen LogP contribution is 2.24. The fourth-order valence-electron chi connectivity index (χ4n) is 2.75. The van der Waals surface area contributed by atoms with Gasteiger partial charge in [0.2, 0.25) is 0 Å². The Morgan fingerprint density at radius 3 is 2.62 bits per heavy atom. The van der Waals surface area contributed by atoms with E-state index in [1.165, 1.54) is 12.1 Å². The van der Waals surface area contributed by atoms with Crippen molar-refractivity contribution in [2.45, 2.75) is 32.6 Å². The molecule has 0 unspecified atom stereocenters. The average molecular weight is 293 g/mol. The Morgan fingerprint density at radius 1 is 1.33 bits per heavy atom. The number of amides is 1. The zero-order valence-electron chi connectivity index (χ0n) is 12.1. The summed E-state index contributed by atoms with van der Waals surface area (Å²) in [5.74, 6) is -0.952. The monoisotopic (exact) mass is 293 g/mol. The molecular weight excluding hydrogens is 273 g/mol. The minimum absolute atomic E-state index is 0.135. The van der Waals surface area contributed by atoms with Crippen LogP contribution in [0.1, 0.15) is 41.6 Å². The van der Waals surface area contributed by atoms with Crippen LogP contribution in [0.2, 0.25) is 0 Å². The van der Waals surface area contributed by atoms with Gasteiger partial charge in [0.1, 0.15) is 5.82 Å². The minimum atomic E-state index is -0.774. The number of piperidine rings is 1. The molecule has 1 aromatic rings. The van der Waals surface area contributed by atoms with Crippen LogP contribution in [0.4, 0.5) is 4.39 Å². The van der Waals surface area contributed by atoms with Gasteiger partial charge in [-0.2, -0.15) is 0 Å². The van der Waals surface area contributed by atoms with Gasteiger partial charge in [-0.15, -0.1) is 0 Å². The summed E-state index contributed by atoms with van der Waals surface area (Å²) in [6.45, 7) is 3.02. The van der Waals surface area contributed by atoms with Gasteiger partial charge in [-0.25, -0.2) is 4.39 Å². The summed E-state index contributed by atoms with van der Waals surface area (Å²) < 4.78 is 13.3. The number of rotatable bonds is 4. The van der Waals surface area contributed by atoms with Gasteiger partial charge in [0.25, 0.3) is 5.91 Å². The summed E-state index contributed by atoms with van der Waals surface area (Å²) in [5.41, 5.74) is 1.19. The van der Waals surface area contributed by atoms with E-state index in [1.807, 2.05) is 0 Å². The van der Waals surface area contributed by atoms with E-state index in [2.05, 4.69) is 0 Å². The van der Waals surface area contributed by atoms with Crippen LogP contribution >= 0.6 is 0 Å². The molecule has 1 N–H and O–H groups in total. The Morgan fingerprint density at radius 2 is 2.00 bits per heavy atom. The summed E-state index contributed by atoms with van der Waals surface area (Å²) >= 11 is 0. The van der Waals surface area contributed by atoms with Crippen LogP contribution in [0.15, 0.2) is 18.2 Å². The second-order valence-corrected chi connectivity index (χ2v) is 5.63. The maximum atomic E-state index is 13.3. The first-order valence-corrected chi connectivity index (χ1v) is 7.24. The Labute approximate surface area is 123 Å². The van der Waals surface area contributed by atoms with Gasteiger partial charge in [0.05, 0.1) is 0 Å². The standard InChI is InChI=1S/C16H20FNO3/c1-11-2-4-13(17)10-14(11)16(21)18-8-6-12(7-9-18)3-5-15(19)20/h2,4,10,12H,3,5-9H2,1H3,(H,19,20). The van der Waals surface area contributed by atoms with Gasteiger partial charge in [0.15, 0.2) is 0 Å². The lowest BCUT2D eigenvalue weighted by Gasteiger charge is -2.32. The van der Waals surface area contributed by atoms with E-state index in [9.17, 15) is 14.0 Å². The topological polar surface area (TPSA) is 57.6 Å². The second-order valence-electron chi connectivity index (χ2n) is 5.63. The van der Waals surface area contributed by atoms with Gasteiger partial charge < -0.3 is 10.0 Å². The highest BCUT2D eigenvalue weighted by Gasteiger charge is 2.24. The maximum absolute atomic E-state index is 13.3. The molecule has 114 valence electrons. The zero-order chi connectivity index (χ0) is 15.4. The Kier molecular flexibility index (Phi) is 4.94. The number of hydrogen-bond acceptors (Lipinski definition) is 2. The molecule has 4 nitrogen and oxygen atoms in total. The molecule has 0 radical (unpaired) electrons. The van der Waals surface area contributed by atoms with Crippen LogP contribution in [0.25, 0.3) is 0 Å². The first-order chi connectivity index (χ1) is 9.97. The second kappa shape index (κ2) is 6.70. The lowest BCUT2D eigenvalue weighted by molar-refractivity contribution is -0.137. The molecule has 1 aliphatic heterocycles. The smallest absolute Gasteiger partial charge is 0.303 e. The van der Waals surface area contributed by atoms with Crippen LogP contribution in [0.3, 0.4) is 0 Å². The highest BCUT2D eigenvalue weighted by atomic mass is 19.1. The first kappa shape index (κ1) is 15.5. The number of carboxylic acids is 1. The first-order valence-electron chi connectivity index (χ1n) is 7.24. The molecule has 1 amide bonds. The Balaban J connectivity index is 1.94. The Bertz CT molecular complexity index is 536. The number of hydrogen-bond donors (Lipinski definition) is 1. The summed E-state index contributed by atoms with van der Waals surface area (Å²) in [7, 11) is 0. The van der Waals surface area contributed by atoms with Crippen molar-refractivity contribution in [3.05, 3.63) is 35.1 Å². The number of likely N-dealkylation sites (tertiary alicyclic amines) is 1. The molecule has 0 aliphatic carbocycles. The van der Waals surface area contributed by atoms with E-state index in [1.54, 1.807) is 17.9 Å². The van der Waals surface area contributed by atoms with E-state index in [0.717, 1.165) is 18.4 Å². The quantitative estimate of drug-likeness (QED) is 0.928. The highest BCUT2D eigenvalue weighted by molar-refractivity contribution is 5.95. The molecule has 1 fully saturated rings. The average Bonchev–Trinajstić information content (AvgIpc) is 2.47. The van der Waals surface area contributed by atoms with Crippen molar-refractivity contribution in [1.82, 2.24) is 4.90 Å². The van der Waals surface area contributed by atoms with Crippen molar-refractivity contribution in [2.75, 3.05) is 13.1 Å². The number of nitrogens with zero attached hydrogens (tertiary/aromatic N) is 1. The van der Waals surface area contributed by atoms with E-state index in [0.29, 0.717) is 31.0 Å². The molecule has 0 bridgehead atoms. The number of carbonyl (C=O) groups excluding carboxylic acids is 1. The van der Waals surface area contributed by atoms with Gasteiger partial charge in [-0.05, 0) is 49.8 Å². The van der Waals surface area contributed by atoms with Crippen molar-refractivity contribution in [3.63, 3.8) is 0 Å². The molecule has 1 heterocycles. The van der Waals surface area contributed by atoms with Crippen LogP contribution in [-0.2, 0) is 4.79 Å². The molecule has 21 heavy (non-hydrogen) atoms. The molecule has 0 atom stereocenters. The van der Waals surface area contributed by atoms with Crippen LogP contribution in [0, 0.1) is 18.7 Å². The van der Waals surface area contributed by atoms with Gasteiger partial charge >= 0.3 is 5.97 Å². The normalized spacial score (nSPS) is 16.0. The fraction of sp³-hybridized carbons (Fsp3) is 0.500. The van der Waals surface area contributed by atoms with Gasteiger partial charge in [-0.1, -0.05) is 6.07 Å². The number of benzene rings is 1. The molecule has 1 aromatic carbocycles. The van der Waals surface area contributed by atoms with Crippen LogP contribution in [-0.4, -0.2) is 35.0 Å². The molecule has 1 saturated heterocycles. The third kappa shape index (κ3) is 4.03. The van der Waals surface area contributed by atoms with Crippen molar-refractivity contribution in [2.24, 2.45) is 5.92 Å². The molecule has 2 rings (SSSR count). The molecule has 0 saturated carbocycles. The summed E-state index contributed by atoms with van der Waals surface area (Å²) in [6, 6.07) is 4.25. The van der Waals surface area contributed by atoms with E-state index in [4.69, 9.17) is 5.11 Å². The predicted octanol–water partition coefficient (Wildman–Crippen LogP) is 2.85. The number of halogens is 1. The predicted molar refractivity (Wildman–Crippen MR) is 76.6 cm³/mol. The lowest BCUT2D eigenvalue weighted by Crippen LogP contribution is -2.38. The molecular formula is C16H20FNO3. The number of carboxylic acid groups (broad SMARTS) is 1. The van der Waals surface area contributed by atoms with Crippen molar-refractivity contribution in [1.29, 1.82) is 0 Å². The van der Waals surface area contributed by atoms with Crippen LogP contribution in [0.5, 0.6) is 0 Å². The number of aliphatic carboxylic acids is 1. The maximum Gasteiger partial charge on any atom is 0.303 e. The van der Waals surface area contributed by atoms with Crippen LogP contribution < -0.4 is 0 Å².